The Morgan fingerprint density at radius 2 is 1.91 bits per heavy atom. The molecule has 1 aromatic carbocycles. The average molecular weight is 322 g/mol. The van der Waals surface area contributed by atoms with Crippen LogP contribution in [0.5, 0.6) is 0 Å². The molecule has 5 heteroatoms. The van der Waals surface area contributed by atoms with Gasteiger partial charge in [0.25, 0.3) is 0 Å². The van der Waals surface area contributed by atoms with E-state index in [2.05, 4.69) is 9.98 Å². The van der Waals surface area contributed by atoms with Crippen LogP contribution in [0.4, 0.5) is 5.82 Å². The van der Waals surface area contributed by atoms with E-state index < -0.39 is 0 Å². The van der Waals surface area contributed by atoms with Crippen molar-refractivity contribution in [3.8, 4) is 11.5 Å². The first-order chi connectivity index (χ1) is 11.3. The summed E-state index contributed by atoms with van der Waals surface area (Å²) in [6.07, 6.45) is 5.29. The van der Waals surface area contributed by atoms with Crippen molar-refractivity contribution in [1.29, 1.82) is 0 Å². The maximum absolute atomic E-state index is 6.19. The van der Waals surface area contributed by atoms with Crippen molar-refractivity contribution in [2.45, 2.75) is 0 Å². The van der Waals surface area contributed by atoms with Gasteiger partial charge >= 0.3 is 0 Å². The van der Waals surface area contributed by atoms with Crippen LogP contribution in [-0.2, 0) is 0 Å². The molecule has 0 amide bonds. The van der Waals surface area contributed by atoms with Crippen LogP contribution in [0, 0.1) is 0 Å². The Labute approximate surface area is 137 Å². The SMILES string of the molecule is Clc1ccccc1/C=N/c1c(-c2ccco2)nc2ccccn12. The highest BCUT2D eigenvalue weighted by Gasteiger charge is 2.15. The summed E-state index contributed by atoms with van der Waals surface area (Å²) in [7, 11) is 0. The summed E-state index contributed by atoms with van der Waals surface area (Å²) in [6.45, 7) is 0. The lowest BCUT2D eigenvalue weighted by molar-refractivity contribution is 0.580. The van der Waals surface area contributed by atoms with Crippen LogP contribution in [0.3, 0.4) is 0 Å². The van der Waals surface area contributed by atoms with Crippen LogP contribution >= 0.6 is 11.6 Å². The molecule has 0 spiro atoms. The minimum absolute atomic E-state index is 0.657. The molecule has 0 aliphatic heterocycles. The number of nitrogens with zero attached hydrogens (tertiary/aromatic N) is 3. The molecule has 112 valence electrons. The highest BCUT2D eigenvalue weighted by Crippen LogP contribution is 2.31. The topological polar surface area (TPSA) is 42.8 Å². The van der Waals surface area contributed by atoms with Gasteiger partial charge in [0.05, 0.1) is 6.26 Å². The normalized spacial score (nSPS) is 11.5. The molecule has 0 fully saturated rings. The minimum Gasteiger partial charge on any atom is -0.463 e. The summed E-state index contributed by atoms with van der Waals surface area (Å²) in [5.74, 6) is 1.38. The molecule has 4 nitrogen and oxygen atoms in total. The molecular weight excluding hydrogens is 310 g/mol. The highest BCUT2D eigenvalue weighted by atomic mass is 35.5. The van der Waals surface area contributed by atoms with E-state index in [9.17, 15) is 0 Å². The van der Waals surface area contributed by atoms with Crippen molar-refractivity contribution in [2.75, 3.05) is 0 Å². The molecule has 0 unspecified atom stereocenters. The monoisotopic (exact) mass is 321 g/mol. The third-order valence-corrected chi connectivity index (χ3v) is 3.83. The lowest BCUT2D eigenvalue weighted by Crippen LogP contribution is -1.85. The second-order valence-corrected chi connectivity index (χ2v) is 5.38. The Kier molecular flexibility index (Phi) is 3.44. The van der Waals surface area contributed by atoms with Crippen molar-refractivity contribution < 1.29 is 4.42 Å². The van der Waals surface area contributed by atoms with E-state index in [4.69, 9.17) is 16.0 Å². The molecule has 3 aromatic heterocycles. The highest BCUT2D eigenvalue weighted by molar-refractivity contribution is 6.33. The molecule has 0 atom stereocenters. The average Bonchev–Trinajstić information content (AvgIpc) is 3.21. The Balaban J connectivity index is 1.88. The fourth-order valence-electron chi connectivity index (χ4n) is 2.40. The van der Waals surface area contributed by atoms with E-state index in [-0.39, 0.29) is 0 Å². The lowest BCUT2D eigenvalue weighted by atomic mass is 10.2. The number of aromatic nitrogens is 2. The van der Waals surface area contributed by atoms with Crippen LogP contribution in [0.25, 0.3) is 17.1 Å². The molecule has 0 aliphatic carbocycles. The standard InChI is InChI=1S/C18H12ClN3O/c19-14-7-2-1-6-13(14)12-20-18-17(15-8-5-11-23-15)21-16-9-3-4-10-22(16)18/h1-12H/b20-12+. The maximum Gasteiger partial charge on any atom is 0.168 e. The van der Waals surface area contributed by atoms with Gasteiger partial charge in [-0.1, -0.05) is 35.9 Å². The number of rotatable bonds is 3. The van der Waals surface area contributed by atoms with E-state index in [0.29, 0.717) is 22.3 Å². The van der Waals surface area contributed by atoms with Crippen LogP contribution < -0.4 is 0 Å². The third-order valence-electron chi connectivity index (χ3n) is 3.49. The van der Waals surface area contributed by atoms with Crippen molar-refractivity contribution >= 4 is 29.3 Å². The fraction of sp³-hybridized carbons (Fsp3) is 0. The van der Waals surface area contributed by atoms with E-state index in [1.807, 2.05) is 65.2 Å². The van der Waals surface area contributed by atoms with Crippen LogP contribution in [0.15, 0.2) is 76.5 Å². The first-order valence-electron chi connectivity index (χ1n) is 7.12. The van der Waals surface area contributed by atoms with E-state index >= 15 is 0 Å². The lowest BCUT2D eigenvalue weighted by Gasteiger charge is -1.99. The van der Waals surface area contributed by atoms with Gasteiger partial charge in [0, 0.05) is 23.0 Å². The molecule has 0 saturated carbocycles. The zero-order chi connectivity index (χ0) is 15.6. The summed E-state index contributed by atoms with van der Waals surface area (Å²) >= 11 is 6.19. The molecule has 4 rings (SSSR count). The number of benzene rings is 1. The number of hydrogen-bond donors (Lipinski definition) is 0. The van der Waals surface area contributed by atoms with Crippen molar-refractivity contribution in [3.63, 3.8) is 0 Å². The van der Waals surface area contributed by atoms with Gasteiger partial charge in [-0.3, -0.25) is 4.40 Å². The van der Waals surface area contributed by atoms with Crippen LogP contribution in [0.1, 0.15) is 5.56 Å². The van der Waals surface area contributed by atoms with E-state index in [1.54, 1.807) is 12.5 Å². The fourth-order valence-corrected chi connectivity index (χ4v) is 2.58. The Morgan fingerprint density at radius 3 is 2.74 bits per heavy atom. The number of pyridine rings is 1. The van der Waals surface area contributed by atoms with Gasteiger partial charge in [-0.15, -0.1) is 0 Å². The van der Waals surface area contributed by atoms with Gasteiger partial charge in [0.2, 0.25) is 0 Å². The van der Waals surface area contributed by atoms with Gasteiger partial charge in [-0.25, -0.2) is 9.98 Å². The third kappa shape index (κ3) is 2.53. The zero-order valence-electron chi connectivity index (χ0n) is 12.1. The molecule has 0 bridgehead atoms. The zero-order valence-corrected chi connectivity index (χ0v) is 12.8. The minimum atomic E-state index is 0.657. The quantitative estimate of drug-likeness (QED) is 0.498. The second kappa shape index (κ2) is 5.74. The maximum atomic E-state index is 6.19. The number of aliphatic imine (C=N–C) groups is 1. The smallest absolute Gasteiger partial charge is 0.168 e. The first kappa shape index (κ1) is 13.8. The largest absolute Gasteiger partial charge is 0.463 e. The number of fused-ring (bicyclic) bond motifs is 1. The number of hydrogen-bond acceptors (Lipinski definition) is 3. The Hall–Kier alpha value is -2.85. The van der Waals surface area contributed by atoms with Crippen LogP contribution in [-0.4, -0.2) is 15.6 Å². The number of halogens is 1. The summed E-state index contributed by atoms with van der Waals surface area (Å²) in [6, 6.07) is 17.1. The van der Waals surface area contributed by atoms with E-state index in [0.717, 1.165) is 11.2 Å². The van der Waals surface area contributed by atoms with Crippen molar-refractivity contribution in [3.05, 3.63) is 77.6 Å². The van der Waals surface area contributed by atoms with E-state index in [1.165, 1.54) is 0 Å². The number of furan rings is 1. The summed E-state index contributed by atoms with van der Waals surface area (Å²) < 4.78 is 7.41. The van der Waals surface area contributed by atoms with Gasteiger partial charge in [-0.05, 0) is 30.3 Å². The first-order valence-corrected chi connectivity index (χ1v) is 7.50. The van der Waals surface area contributed by atoms with Gasteiger partial charge in [0.1, 0.15) is 5.65 Å². The summed E-state index contributed by atoms with van der Waals surface area (Å²) in [5, 5.41) is 0.657. The second-order valence-electron chi connectivity index (χ2n) is 4.97. The summed E-state index contributed by atoms with van der Waals surface area (Å²) in [5.41, 5.74) is 2.36. The Bertz CT molecular complexity index is 987. The molecule has 0 radical (unpaired) electrons. The molecular formula is C18H12ClN3O. The molecule has 0 saturated heterocycles. The molecule has 0 aliphatic rings. The van der Waals surface area contributed by atoms with Gasteiger partial charge in [0.15, 0.2) is 17.3 Å². The predicted molar refractivity (Wildman–Crippen MR) is 91.6 cm³/mol. The molecule has 3 heterocycles. The molecule has 4 aromatic rings. The Morgan fingerprint density at radius 1 is 1.04 bits per heavy atom. The van der Waals surface area contributed by atoms with Crippen LogP contribution in [0.2, 0.25) is 5.02 Å². The van der Waals surface area contributed by atoms with Crippen molar-refractivity contribution in [2.24, 2.45) is 4.99 Å². The molecule has 0 N–H and O–H groups in total. The number of imidazole rings is 1. The predicted octanol–water partition coefficient (Wildman–Crippen LogP) is 5.00. The van der Waals surface area contributed by atoms with Gasteiger partial charge in [-0.2, -0.15) is 0 Å². The molecule has 23 heavy (non-hydrogen) atoms. The van der Waals surface area contributed by atoms with Crippen molar-refractivity contribution in [1.82, 2.24) is 9.38 Å². The summed E-state index contributed by atoms with van der Waals surface area (Å²) in [4.78, 5) is 9.22. The van der Waals surface area contributed by atoms with Gasteiger partial charge < -0.3 is 4.42 Å².